The Hall–Kier alpha value is -2.61. The lowest BCUT2D eigenvalue weighted by Gasteiger charge is -2.33. The van der Waals surface area contributed by atoms with E-state index in [0.29, 0.717) is 12.1 Å². The van der Waals surface area contributed by atoms with Crippen molar-refractivity contribution in [1.82, 2.24) is 4.90 Å². The van der Waals surface area contributed by atoms with Crippen LogP contribution in [0.1, 0.15) is 35.6 Å². The predicted molar refractivity (Wildman–Crippen MR) is 120 cm³/mol. The molecular formula is C22H25N5OS. The molecule has 6 nitrogen and oxygen atoms in total. The van der Waals surface area contributed by atoms with Gasteiger partial charge in [0.2, 0.25) is 11.2 Å². The largest absolute Gasteiger partial charge is 0.328 e. The van der Waals surface area contributed by atoms with Gasteiger partial charge >= 0.3 is 0 Å². The second-order valence-corrected chi connectivity index (χ2v) is 8.50. The monoisotopic (exact) mass is 407 g/mol. The normalized spacial score (nSPS) is 22.2. The third-order valence-corrected chi connectivity index (χ3v) is 6.02. The van der Waals surface area contributed by atoms with Crippen LogP contribution in [0.5, 0.6) is 0 Å². The number of fused-ring (bicyclic) bond motifs is 2. The van der Waals surface area contributed by atoms with Crippen molar-refractivity contribution in [1.29, 1.82) is 0 Å². The number of rotatable bonds is 4. The van der Waals surface area contributed by atoms with Crippen LogP contribution in [-0.2, 0) is 17.6 Å². The lowest BCUT2D eigenvalue weighted by Crippen LogP contribution is -2.50. The fourth-order valence-electron chi connectivity index (χ4n) is 4.19. The molecule has 0 bridgehead atoms. The highest BCUT2D eigenvalue weighted by atomic mass is 32.2. The fraction of sp³-hybridized carbons (Fsp3) is 0.273. The average Bonchev–Trinajstić information content (AvgIpc) is 2.99. The molecule has 2 atom stereocenters. The molecule has 150 valence electrons. The molecule has 0 saturated carbocycles. The quantitative estimate of drug-likeness (QED) is 0.763. The molecule has 0 aromatic heterocycles. The van der Waals surface area contributed by atoms with Crippen molar-refractivity contribution in [2.24, 2.45) is 20.3 Å². The van der Waals surface area contributed by atoms with Crippen molar-refractivity contribution >= 4 is 34.1 Å². The molecule has 29 heavy (non-hydrogen) atoms. The van der Waals surface area contributed by atoms with E-state index in [1.54, 1.807) is 6.92 Å². The molecule has 2 heterocycles. The molecule has 0 aliphatic carbocycles. The summed E-state index contributed by atoms with van der Waals surface area (Å²) in [7, 11) is 0. The Morgan fingerprint density at radius 1 is 1.34 bits per heavy atom. The molecule has 2 unspecified atom stereocenters. The highest BCUT2D eigenvalue weighted by molar-refractivity contribution is 7.81. The summed E-state index contributed by atoms with van der Waals surface area (Å²) in [4.78, 5) is 7.14. The molecule has 4 N–H and O–H groups in total. The van der Waals surface area contributed by atoms with E-state index in [1.165, 1.54) is 5.56 Å². The molecule has 0 amide bonds. The van der Waals surface area contributed by atoms with E-state index in [1.807, 2.05) is 31.2 Å². The molecule has 4 rings (SSSR count). The van der Waals surface area contributed by atoms with Gasteiger partial charge in [-0.3, -0.25) is 0 Å². The summed E-state index contributed by atoms with van der Waals surface area (Å²) >= 11 is -1.78. The second-order valence-electron chi connectivity index (χ2n) is 7.76. The van der Waals surface area contributed by atoms with Gasteiger partial charge in [0.15, 0.2) is 0 Å². The number of hydrogen-bond donors (Lipinski definition) is 2. The van der Waals surface area contributed by atoms with Crippen molar-refractivity contribution in [3.05, 3.63) is 71.3 Å². The Bertz CT molecular complexity index is 1080. The smallest absolute Gasteiger partial charge is 0.213 e. The van der Waals surface area contributed by atoms with Crippen LogP contribution < -0.4 is 10.9 Å². The highest BCUT2D eigenvalue weighted by Crippen LogP contribution is 2.42. The van der Waals surface area contributed by atoms with Crippen LogP contribution in [-0.4, -0.2) is 32.7 Å². The van der Waals surface area contributed by atoms with Gasteiger partial charge in [-0.2, -0.15) is 4.40 Å². The minimum absolute atomic E-state index is 0.578. The maximum absolute atomic E-state index is 11.5. The fourth-order valence-corrected chi connectivity index (χ4v) is 4.56. The number of aliphatic imine (C=N–C) groups is 1. The molecule has 2 aliphatic rings. The van der Waals surface area contributed by atoms with Crippen LogP contribution in [0.3, 0.4) is 0 Å². The van der Waals surface area contributed by atoms with E-state index >= 15 is 0 Å². The lowest BCUT2D eigenvalue weighted by atomic mass is 9.89. The van der Waals surface area contributed by atoms with Crippen molar-refractivity contribution in [2.75, 3.05) is 6.54 Å². The topological polar surface area (TPSA) is 97.1 Å². The van der Waals surface area contributed by atoms with Gasteiger partial charge < -0.3 is 10.6 Å². The zero-order valence-corrected chi connectivity index (χ0v) is 17.5. The maximum atomic E-state index is 11.5. The summed E-state index contributed by atoms with van der Waals surface area (Å²) in [5.41, 5.74) is 12.5. The number of nitrogens with two attached hydrogens (primary N) is 2. The Morgan fingerprint density at radius 3 is 2.76 bits per heavy atom. The van der Waals surface area contributed by atoms with Gasteiger partial charge in [-0.15, -0.1) is 0 Å². The third kappa shape index (κ3) is 3.57. The predicted octanol–water partition coefficient (Wildman–Crippen LogP) is 3.00. The van der Waals surface area contributed by atoms with Crippen LogP contribution in [0.2, 0.25) is 0 Å². The SMILES string of the molecule is C=C1c2cc(C)cc(/C(C)=N\S(N)=O)c2N=C2N1CCC2(N)Cc1ccccc1. The minimum Gasteiger partial charge on any atom is -0.328 e. The molecule has 7 heteroatoms. The summed E-state index contributed by atoms with van der Waals surface area (Å²) in [5, 5.41) is 5.39. The molecule has 0 radical (unpaired) electrons. The molecule has 2 aromatic rings. The number of amidine groups is 1. The van der Waals surface area contributed by atoms with Gasteiger partial charge in [0.25, 0.3) is 0 Å². The summed E-state index contributed by atoms with van der Waals surface area (Å²) in [6.07, 6.45) is 1.49. The molecular weight excluding hydrogens is 382 g/mol. The zero-order chi connectivity index (χ0) is 20.8. The zero-order valence-electron chi connectivity index (χ0n) is 16.7. The van der Waals surface area contributed by atoms with E-state index in [2.05, 4.69) is 34.1 Å². The Morgan fingerprint density at radius 2 is 2.07 bits per heavy atom. The number of aryl methyl sites for hydroxylation is 1. The first-order chi connectivity index (χ1) is 13.8. The maximum Gasteiger partial charge on any atom is 0.213 e. The average molecular weight is 408 g/mol. The van der Waals surface area contributed by atoms with Crippen LogP contribution in [0.15, 0.2) is 58.4 Å². The number of hydrogen-bond acceptors (Lipinski definition) is 4. The van der Waals surface area contributed by atoms with E-state index in [-0.39, 0.29) is 0 Å². The van der Waals surface area contributed by atoms with Gasteiger partial charge in [-0.05, 0) is 49.9 Å². The van der Waals surface area contributed by atoms with Crippen LogP contribution in [0, 0.1) is 6.92 Å². The first-order valence-corrected chi connectivity index (χ1v) is 10.7. The van der Waals surface area contributed by atoms with Crippen molar-refractivity contribution in [3.8, 4) is 0 Å². The number of benzene rings is 2. The van der Waals surface area contributed by atoms with Crippen LogP contribution in [0.25, 0.3) is 5.70 Å². The van der Waals surface area contributed by atoms with Gasteiger partial charge in [0.1, 0.15) is 5.84 Å². The Balaban J connectivity index is 1.85. The van der Waals surface area contributed by atoms with Gasteiger partial charge in [0.05, 0.1) is 16.9 Å². The Kier molecular flexibility index (Phi) is 4.98. The Labute approximate surface area is 173 Å². The minimum atomic E-state index is -1.78. The standard InChI is InChI=1S/C22H25N5OS/c1-14-11-18(15(2)26-29(24)28)20-19(12-14)16(3)27-10-9-22(23,21(27)25-20)13-17-7-5-4-6-8-17/h4-8,11-12H,3,9-10,13,23-24H2,1-2H3/b26-15-. The summed E-state index contributed by atoms with van der Waals surface area (Å²) in [5.74, 6) is 0.825. The van der Waals surface area contributed by atoms with E-state index in [4.69, 9.17) is 15.9 Å². The van der Waals surface area contributed by atoms with E-state index in [9.17, 15) is 4.21 Å². The summed E-state index contributed by atoms with van der Waals surface area (Å²) < 4.78 is 15.5. The van der Waals surface area contributed by atoms with Crippen LogP contribution >= 0.6 is 0 Å². The molecule has 0 spiro atoms. The van der Waals surface area contributed by atoms with E-state index in [0.717, 1.165) is 46.9 Å². The van der Waals surface area contributed by atoms with Crippen molar-refractivity contribution < 1.29 is 4.21 Å². The molecule has 2 aromatic carbocycles. The van der Waals surface area contributed by atoms with E-state index < -0.39 is 16.7 Å². The lowest BCUT2D eigenvalue weighted by molar-refractivity contribution is 0.554. The first-order valence-electron chi connectivity index (χ1n) is 9.54. The van der Waals surface area contributed by atoms with Crippen molar-refractivity contribution in [3.63, 3.8) is 0 Å². The first kappa shape index (κ1) is 19.7. The third-order valence-electron chi connectivity index (χ3n) is 5.57. The van der Waals surface area contributed by atoms with Gasteiger partial charge in [-0.1, -0.05) is 36.9 Å². The summed E-state index contributed by atoms with van der Waals surface area (Å²) in [6.45, 7) is 8.92. The molecule has 1 saturated heterocycles. The van der Waals surface area contributed by atoms with Gasteiger partial charge in [-0.25, -0.2) is 14.3 Å². The summed E-state index contributed by atoms with van der Waals surface area (Å²) in [6, 6.07) is 14.3. The van der Waals surface area contributed by atoms with Crippen LogP contribution in [0.4, 0.5) is 5.69 Å². The van der Waals surface area contributed by atoms with Crippen molar-refractivity contribution in [2.45, 2.75) is 32.2 Å². The second kappa shape index (κ2) is 7.33. The van der Waals surface area contributed by atoms with Gasteiger partial charge in [0, 0.05) is 23.4 Å². The number of nitrogens with zero attached hydrogens (tertiary/aromatic N) is 3. The molecule has 1 fully saturated rings. The highest BCUT2D eigenvalue weighted by Gasteiger charge is 2.44. The molecule has 2 aliphatic heterocycles.